The van der Waals surface area contributed by atoms with Crippen LogP contribution in [0.1, 0.15) is 37.6 Å². The molecule has 0 aliphatic heterocycles. The van der Waals surface area contributed by atoms with Crippen molar-refractivity contribution in [1.82, 2.24) is 4.90 Å². The maximum Gasteiger partial charge on any atom is 0.254 e. The number of carbonyl (C=O) groups is 1. The first-order valence-corrected chi connectivity index (χ1v) is 5.86. The minimum atomic E-state index is -0.0721. The highest BCUT2D eigenvalue weighted by atomic mass is 16.3. The molecule has 17 heavy (non-hydrogen) atoms. The van der Waals surface area contributed by atoms with Crippen LogP contribution in [-0.4, -0.2) is 28.5 Å². The van der Waals surface area contributed by atoms with Crippen molar-refractivity contribution in [1.29, 1.82) is 0 Å². The summed E-state index contributed by atoms with van der Waals surface area (Å²) in [5, 5.41) is 9.50. The zero-order valence-electron chi connectivity index (χ0n) is 10.6. The zero-order valence-corrected chi connectivity index (χ0v) is 10.6. The van der Waals surface area contributed by atoms with Crippen LogP contribution in [0.2, 0.25) is 0 Å². The Hall–Kier alpha value is -1.71. The van der Waals surface area contributed by atoms with E-state index in [1.165, 1.54) is 6.07 Å². The molecule has 94 valence electrons. The van der Waals surface area contributed by atoms with Crippen LogP contribution in [0.5, 0.6) is 5.75 Å². The summed E-state index contributed by atoms with van der Waals surface area (Å²) in [7, 11) is 0. The van der Waals surface area contributed by atoms with Crippen LogP contribution in [0.15, 0.2) is 18.2 Å². The maximum absolute atomic E-state index is 12.2. The molecule has 0 spiro atoms. The number of phenols is 1. The first kappa shape index (κ1) is 13.4. The van der Waals surface area contributed by atoms with Crippen molar-refractivity contribution in [3.63, 3.8) is 0 Å². The summed E-state index contributed by atoms with van der Waals surface area (Å²) >= 11 is 0. The molecule has 0 atom stereocenters. The maximum atomic E-state index is 12.2. The molecule has 1 amide bonds. The van der Waals surface area contributed by atoms with Crippen molar-refractivity contribution < 1.29 is 9.90 Å². The second-order valence-corrected chi connectivity index (χ2v) is 4.37. The van der Waals surface area contributed by atoms with Crippen LogP contribution in [0.3, 0.4) is 0 Å². The average Bonchev–Trinajstić information content (AvgIpc) is 2.28. The Kier molecular flexibility index (Phi) is 4.37. The molecule has 1 aromatic carbocycles. The third-order valence-corrected chi connectivity index (χ3v) is 2.63. The number of carbonyl (C=O) groups excluding carboxylic acids is 1. The molecule has 0 heterocycles. The highest BCUT2D eigenvalue weighted by Gasteiger charge is 2.18. The van der Waals surface area contributed by atoms with Gasteiger partial charge in [-0.05, 0) is 38.5 Å². The fraction of sp³-hybridized carbons (Fsp3) is 0.462. The van der Waals surface area contributed by atoms with Gasteiger partial charge in [0.1, 0.15) is 5.75 Å². The van der Waals surface area contributed by atoms with Crippen LogP contribution in [0.4, 0.5) is 5.69 Å². The Morgan fingerprint density at radius 3 is 2.59 bits per heavy atom. The van der Waals surface area contributed by atoms with E-state index >= 15 is 0 Å². The summed E-state index contributed by atoms with van der Waals surface area (Å²) in [6.07, 6.45) is 0.908. The third kappa shape index (κ3) is 3.12. The number of nitrogens with two attached hydrogens (primary N) is 1. The molecule has 0 aliphatic carbocycles. The van der Waals surface area contributed by atoms with Gasteiger partial charge in [-0.2, -0.15) is 0 Å². The number of anilines is 1. The van der Waals surface area contributed by atoms with Gasteiger partial charge in [-0.25, -0.2) is 0 Å². The minimum Gasteiger partial charge on any atom is -0.506 e. The molecule has 4 nitrogen and oxygen atoms in total. The molecule has 3 N–H and O–H groups in total. The second-order valence-electron chi connectivity index (χ2n) is 4.37. The Morgan fingerprint density at radius 1 is 1.47 bits per heavy atom. The van der Waals surface area contributed by atoms with Crippen LogP contribution in [0, 0.1) is 0 Å². The summed E-state index contributed by atoms with van der Waals surface area (Å²) < 4.78 is 0. The van der Waals surface area contributed by atoms with Gasteiger partial charge in [0.05, 0.1) is 5.69 Å². The van der Waals surface area contributed by atoms with E-state index in [2.05, 4.69) is 0 Å². The van der Waals surface area contributed by atoms with Crippen molar-refractivity contribution in [3.05, 3.63) is 23.8 Å². The predicted octanol–water partition coefficient (Wildman–Crippen LogP) is 2.24. The third-order valence-electron chi connectivity index (χ3n) is 2.63. The first-order valence-electron chi connectivity index (χ1n) is 5.86. The lowest BCUT2D eigenvalue weighted by Crippen LogP contribution is -2.37. The van der Waals surface area contributed by atoms with E-state index in [0.29, 0.717) is 12.1 Å². The van der Waals surface area contributed by atoms with Gasteiger partial charge < -0.3 is 15.7 Å². The molecule has 4 heteroatoms. The summed E-state index contributed by atoms with van der Waals surface area (Å²) in [5.74, 6) is -0.117. The smallest absolute Gasteiger partial charge is 0.254 e. The van der Waals surface area contributed by atoms with E-state index in [9.17, 15) is 9.90 Å². The van der Waals surface area contributed by atoms with Crippen molar-refractivity contribution in [2.75, 3.05) is 12.3 Å². The number of amides is 1. The number of phenolic OH excluding ortho intramolecular Hbond substituents is 1. The standard InChI is InChI=1S/C13H20N2O2/c1-4-7-15(9(2)3)13(17)10-5-6-11(14)12(16)8-10/h5-6,8-9,16H,4,7,14H2,1-3H3. The molecule has 1 aromatic rings. The SMILES string of the molecule is CCCN(C(=O)c1ccc(N)c(O)c1)C(C)C. The number of nitrogen functional groups attached to an aromatic ring is 1. The number of rotatable bonds is 4. The van der Waals surface area contributed by atoms with E-state index in [-0.39, 0.29) is 23.4 Å². The van der Waals surface area contributed by atoms with Crippen LogP contribution in [0.25, 0.3) is 0 Å². The molecule has 0 fully saturated rings. The van der Waals surface area contributed by atoms with E-state index in [0.717, 1.165) is 6.42 Å². The largest absolute Gasteiger partial charge is 0.506 e. The Labute approximate surface area is 102 Å². The van der Waals surface area contributed by atoms with Gasteiger partial charge in [0.15, 0.2) is 0 Å². The second kappa shape index (κ2) is 5.57. The molecular weight excluding hydrogens is 216 g/mol. The van der Waals surface area contributed by atoms with Crippen molar-refractivity contribution in [2.45, 2.75) is 33.2 Å². The van der Waals surface area contributed by atoms with E-state index < -0.39 is 0 Å². The van der Waals surface area contributed by atoms with E-state index in [4.69, 9.17) is 5.73 Å². The number of hydrogen-bond acceptors (Lipinski definition) is 3. The topological polar surface area (TPSA) is 66.6 Å². The number of aromatic hydroxyl groups is 1. The normalized spacial score (nSPS) is 10.6. The van der Waals surface area contributed by atoms with Gasteiger partial charge in [0.2, 0.25) is 0 Å². The van der Waals surface area contributed by atoms with Crippen LogP contribution >= 0.6 is 0 Å². The summed E-state index contributed by atoms with van der Waals surface area (Å²) in [5.41, 5.74) is 6.27. The molecule has 0 saturated carbocycles. The van der Waals surface area contributed by atoms with E-state index in [1.54, 1.807) is 17.0 Å². The quantitative estimate of drug-likeness (QED) is 0.622. The zero-order chi connectivity index (χ0) is 13.0. The van der Waals surface area contributed by atoms with Gasteiger partial charge in [-0.15, -0.1) is 0 Å². The van der Waals surface area contributed by atoms with Crippen molar-refractivity contribution in [3.8, 4) is 5.75 Å². The lowest BCUT2D eigenvalue weighted by atomic mass is 10.1. The Morgan fingerprint density at radius 2 is 2.12 bits per heavy atom. The highest BCUT2D eigenvalue weighted by Crippen LogP contribution is 2.22. The number of nitrogens with zero attached hydrogens (tertiary/aromatic N) is 1. The molecule has 0 aromatic heterocycles. The molecule has 0 saturated heterocycles. The molecule has 0 radical (unpaired) electrons. The van der Waals surface area contributed by atoms with Gasteiger partial charge in [0.25, 0.3) is 5.91 Å². The lowest BCUT2D eigenvalue weighted by Gasteiger charge is -2.26. The Balaban J connectivity index is 2.97. The minimum absolute atomic E-state index is 0.0453. The van der Waals surface area contributed by atoms with E-state index in [1.807, 2.05) is 20.8 Å². The fourth-order valence-electron chi connectivity index (χ4n) is 1.68. The first-order chi connectivity index (χ1) is 7.97. The molecule has 0 unspecified atom stereocenters. The summed E-state index contributed by atoms with van der Waals surface area (Å²) in [4.78, 5) is 14.0. The van der Waals surface area contributed by atoms with Gasteiger partial charge in [0, 0.05) is 18.2 Å². The summed E-state index contributed by atoms with van der Waals surface area (Å²) in [6, 6.07) is 4.75. The fourth-order valence-corrected chi connectivity index (χ4v) is 1.68. The van der Waals surface area contributed by atoms with Gasteiger partial charge >= 0.3 is 0 Å². The number of hydrogen-bond donors (Lipinski definition) is 2. The number of benzene rings is 1. The lowest BCUT2D eigenvalue weighted by molar-refractivity contribution is 0.0705. The monoisotopic (exact) mass is 236 g/mol. The predicted molar refractivity (Wildman–Crippen MR) is 69.0 cm³/mol. The van der Waals surface area contributed by atoms with Gasteiger partial charge in [-0.3, -0.25) is 4.79 Å². The molecule has 0 bridgehead atoms. The Bertz CT molecular complexity index is 402. The van der Waals surface area contributed by atoms with Crippen molar-refractivity contribution >= 4 is 11.6 Å². The van der Waals surface area contributed by atoms with Gasteiger partial charge in [-0.1, -0.05) is 6.92 Å². The molecular formula is C13H20N2O2. The van der Waals surface area contributed by atoms with Crippen molar-refractivity contribution in [2.24, 2.45) is 0 Å². The summed E-state index contributed by atoms with van der Waals surface area (Å²) in [6.45, 7) is 6.69. The van der Waals surface area contributed by atoms with Crippen LogP contribution in [-0.2, 0) is 0 Å². The molecule has 1 rings (SSSR count). The highest BCUT2D eigenvalue weighted by molar-refractivity contribution is 5.95. The molecule has 0 aliphatic rings. The average molecular weight is 236 g/mol. The van der Waals surface area contributed by atoms with Crippen LogP contribution < -0.4 is 5.73 Å².